The van der Waals surface area contributed by atoms with Gasteiger partial charge in [0, 0.05) is 18.5 Å². The lowest BCUT2D eigenvalue weighted by molar-refractivity contribution is 0.0526. The number of hydrogen-bond donors (Lipinski definition) is 2. The van der Waals surface area contributed by atoms with Crippen LogP contribution in [0.15, 0.2) is 77.9 Å². The fraction of sp³-hybridized carbons (Fsp3) is 0.172. The third-order valence-electron chi connectivity index (χ3n) is 6.24. The number of aromatic nitrogens is 5. The quantitative estimate of drug-likeness (QED) is 0.276. The van der Waals surface area contributed by atoms with Crippen LogP contribution in [-0.4, -0.2) is 44.2 Å². The second-order valence-corrected chi connectivity index (χ2v) is 8.81. The van der Waals surface area contributed by atoms with Crippen LogP contribution in [0.1, 0.15) is 36.1 Å². The van der Waals surface area contributed by atoms with Gasteiger partial charge >= 0.3 is 5.97 Å². The molecule has 1 unspecified atom stereocenters. The van der Waals surface area contributed by atoms with Crippen molar-refractivity contribution in [3.05, 3.63) is 94.8 Å². The predicted molar refractivity (Wildman–Crippen MR) is 152 cm³/mol. The van der Waals surface area contributed by atoms with Crippen molar-refractivity contribution >= 4 is 28.6 Å². The smallest absolute Gasteiger partial charge is 0.343 e. The third kappa shape index (κ3) is 5.04. The van der Waals surface area contributed by atoms with Crippen LogP contribution in [0.3, 0.4) is 0 Å². The van der Waals surface area contributed by atoms with E-state index in [4.69, 9.17) is 20.2 Å². The molecule has 0 bridgehead atoms. The summed E-state index contributed by atoms with van der Waals surface area (Å²) in [6.45, 7) is 3.71. The number of hydrogen-bond acceptors (Lipinski definition) is 10. The van der Waals surface area contributed by atoms with Gasteiger partial charge in [-0.15, -0.1) is 0 Å². The van der Waals surface area contributed by atoms with Crippen molar-refractivity contribution < 1.29 is 14.3 Å². The fourth-order valence-electron chi connectivity index (χ4n) is 4.43. The van der Waals surface area contributed by atoms with E-state index in [1.165, 1.54) is 6.20 Å². The lowest BCUT2D eigenvalue weighted by Gasteiger charge is -2.21. The highest BCUT2D eigenvalue weighted by molar-refractivity contribution is 5.95. The van der Waals surface area contributed by atoms with Crippen molar-refractivity contribution in [3.8, 4) is 22.7 Å². The molecule has 40 heavy (non-hydrogen) atoms. The maximum Gasteiger partial charge on any atom is 0.343 e. The number of nitrogen functional groups attached to an aromatic ring is 1. The molecule has 0 fully saturated rings. The Morgan fingerprint density at radius 3 is 2.62 bits per heavy atom. The average molecular weight is 538 g/mol. The number of nitrogens with zero attached hydrogens (tertiary/aromatic N) is 5. The molecule has 0 aliphatic heterocycles. The van der Waals surface area contributed by atoms with Gasteiger partial charge in [0.2, 0.25) is 11.8 Å². The number of anilines is 2. The van der Waals surface area contributed by atoms with E-state index in [9.17, 15) is 9.59 Å². The van der Waals surface area contributed by atoms with Crippen LogP contribution in [0.25, 0.3) is 27.7 Å². The van der Waals surface area contributed by atoms with Gasteiger partial charge in [-0.2, -0.15) is 4.98 Å². The topological polar surface area (TPSA) is 147 Å². The Morgan fingerprint density at radius 1 is 1.07 bits per heavy atom. The van der Waals surface area contributed by atoms with E-state index in [0.29, 0.717) is 33.9 Å². The number of pyridine rings is 1. The first-order chi connectivity index (χ1) is 19.4. The van der Waals surface area contributed by atoms with E-state index < -0.39 is 12.0 Å². The van der Waals surface area contributed by atoms with Crippen LogP contribution in [0.5, 0.6) is 5.88 Å². The van der Waals surface area contributed by atoms with Gasteiger partial charge in [-0.3, -0.25) is 9.36 Å². The molecule has 5 rings (SSSR count). The summed E-state index contributed by atoms with van der Waals surface area (Å²) >= 11 is 0. The minimum absolute atomic E-state index is 0.0212. The summed E-state index contributed by atoms with van der Waals surface area (Å²) in [6.07, 6.45) is 2.94. The summed E-state index contributed by atoms with van der Waals surface area (Å²) < 4.78 is 12.0. The number of benzene rings is 2. The maximum absolute atomic E-state index is 14.3. The zero-order valence-electron chi connectivity index (χ0n) is 22.2. The Labute approximate surface area is 229 Å². The second-order valence-electron chi connectivity index (χ2n) is 8.81. The van der Waals surface area contributed by atoms with Gasteiger partial charge in [-0.1, -0.05) is 30.3 Å². The molecule has 3 aromatic heterocycles. The molecule has 0 aliphatic carbocycles. The Balaban J connectivity index is 1.70. The minimum atomic E-state index is -0.596. The first-order valence-electron chi connectivity index (χ1n) is 12.6. The lowest BCUT2D eigenvalue weighted by atomic mass is 10.0. The molecular formula is C29H27N7O4. The van der Waals surface area contributed by atoms with Gasteiger partial charge in [-0.25, -0.2) is 19.7 Å². The van der Waals surface area contributed by atoms with Crippen LogP contribution in [0, 0.1) is 0 Å². The van der Waals surface area contributed by atoms with E-state index in [-0.39, 0.29) is 29.5 Å². The number of fused-ring (bicyclic) bond motifs is 1. The van der Waals surface area contributed by atoms with Crippen molar-refractivity contribution in [1.82, 2.24) is 24.5 Å². The van der Waals surface area contributed by atoms with Gasteiger partial charge in [-0.05, 0) is 49.2 Å². The maximum atomic E-state index is 14.3. The molecule has 3 N–H and O–H groups in total. The molecule has 202 valence electrons. The number of methoxy groups -OCH3 is 1. The van der Waals surface area contributed by atoms with Crippen molar-refractivity contribution in [2.75, 3.05) is 24.8 Å². The molecule has 2 aromatic carbocycles. The second kappa shape index (κ2) is 11.2. The molecule has 0 spiro atoms. The summed E-state index contributed by atoms with van der Waals surface area (Å²) in [5, 5.41) is 3.63. The van der Waals surface area contributed by atoms with Crippen molar-refractivity contribution in [2.24, 2.45) is 0 Å². The Bertz CT molecular complexity index is 1760. The number of rotatable bonds is 8. The van der Waals surface area contributed by atoms with Crippen molar-refractivity contribution in [2.45, 2.75) is 19.9 Å². The first-order valence-corrected chi connectivity index (χ1v) is 12.6. The van der Waals surface area contributed by atoms with E-state index in [2.05, 4.69) is 20.3 Å². The zero-order chi connectivity index (χ0) is 28.2. The molecule has 0 amide bonds. The number of para-hydroxylation sites is 1. The van der Waals surface area contributed by atoms with Crippen molar-refractivity contribution in [1.29, 1.82) is 0 Å². The standard InChI is InChI=1S/C29H27N7O4/c1-4-40-28(38)21-16-32-29(30)35-25(21)33-17(2)26-34-22-12-8-11-20(18-13-14-31-23(15-18)39-3)24(22)27(37)36(26)19-9-6-5-7-10-19/h5-17H,4H2,1-3H3,(H3,30,32,33,35). The highest BCUT2D eigenvalue weighted by Crippen LogP contribution is 2.30. The fourth-order valence-corrected chi connectivity index (χ4v) is 4.43. The van der Waals surface area contributed by atoms with Crippen LogP contribution in [0.2, 0.25) is 0 Å². The molecule has 0 radical (unpaired) electrons. The average Bonchev–Trinajstić information content (AvgIpc) is 2.97. The van der Waals surface area contributed by atoms with Crippen LogP contribution in [0.4, 0.5) is 11.8 Å². The number of nitrogens with one attached hydrogen (secondary N) is 1. The largest absolute Gasteiger partial charge is 0.481 e. The lowest BCUT2D eigenvalue weighted by Crippen LogP contribution is -2.28. The molecule has 11 nitrogen and oxygen atoms in total. The summed E-state index contributed by atoms with van der Waals surface area (Å²) in [5.74, 6) is 0.389. The summed E-state index contributed by atoms with van der Waals surface area (Å²) in [4.78, 5) is 44.1. The number of esters is 1. The summed E-state index contributed by atoms with van der Waals surface area (Å²) in [7, 11) is 1.54. The molecule has 0 saturated heterocycles. The highest BCUT2D eigenvalue weighted by atomic mass is 16.5. The van der Waals surface area contributed by atoms with Gasteiger partial charge in [0.15, 0.2) is 0 Å². The summed E-state index contributed by atoms with van der Waals surface area (Å²) in [6, 6.07) is 17.7. The normalized spacial score (nSPS) is 11.7. The highest BCUT2D eigenvalue weighted by Gasteiger charge is 2.23. The molecule has 5 aromatic rings. The van der Waals surface area contributed by atoms with Crippen molar-refractivity contribution in [3.63, 3.8) is 0 Å². The molecule has 1 atom stereocenters. The van der Waals surface area contributed by atoms with Gasteiger partial charge < -0.3 is 20.5 Å². The van der Waals surface area contributed by atoms with Gasteiger partial charge in [0.1, 0.15) is 17.2 Å². The molecule has 11 heteroatoms. The van der Waals surface area contributed by atoms with Crippen LogP contribution < -0.4 is 21.3 Å². The first kappa shape index (κ1) is 26.3. The molecular weight excluding hydrogens is 510 g/mol. The van der Waals surface area contributed by atoms with Gasteiger partial charge in [0.25, 0.3) is 5.56 Å². The number of ether oxygens (including phenoxy) is 2. The number of carbonyl (C=O) groups is 1. The zero-order valence-corrected chi connectivity index (χ0v) is 22.2. The van der Waals surface area contributed by atoms with E-state index in [1.54, 1.807) is 36.9 Å². The molecule has 0 aliphatic rings. The number of nitrogens with two attached hydrogens (primary N) is 1. The Morgan fingerprint density at radius 2 is 1.88 bits per heavy atom. The predicted octanol–water partition coefficient (Wildman–Crippen LogP) is 4.18. The third-order valence-corrected chi connectivity index (χ3v) is 6.24. The van der Waals surface area contributed by atoms with Crippen LogP contribution in [-0.2, 0) is 4.74 Å². The molecule has 0 saturated carbocycles. The summed E-state index contributed by atoms with van der Waals surface area (Å²) in [5.41, 5.74) is 8.27. The monoisotopic (exact) mass is 537 g/mol. The van der Waals surface area contributed by atoms with E-state index in [0.717, 1.165) is 5.56 Å². The Kier molecular flexibility index (Phi) is 7.36. The molecule has 3 heterocycles. The van der Waals surface area contributed by atoms with E-state index in [1.807, 2.05) is 55.5 Å². The van der Waals surface area contributed by atoms with Gasteiger partial charge in [0.05, 0.1) is 36.3 Å². The minimum Gasteiger partial charge on any atom is -0.481 e. The van der Waals surface area contributed by atoms with Crippen LogP contribution >= 0.6 is 0 Å². The SMILES string of the molecule is CCOC(=O)c1cnc(N)nc1NC(C)c1nc2cccc(-c3ccnc(OC)c3)c2c(=O)n1-c1ccccc1. The van der Waals surface area contributed by atoms with E-state index >= 15 is 0 Å². The number of carbonyl (C=O) groups excluding carboxylic acids is 1. The Hall–Kier alpha value is -5.32.